The fourth-order valence-electron chi connectivity index (χ4n) is 3.37. The van der Waals surface area contributed by atoms with Crippen molar-refractivity contribution in [3.05, 3.63) is 17.0 Å². The second-order valence-electron chi connectivity index (χ2n) is 7.66. The lowest BCUT2D eigenvalue weighted by Crippen LogP contribution is -2.23. The van der Waals surface area contributed by atoms with E-state index in [-0.39, 0.29) is 5.41 Å². The molecule has 1 aliphatic carbocycles. The lowest BCUT2D eigenvalue weighted by atomic mass is 9.79. The molecule has 0 spiro atoms. The van der Waals surface area contributed by atoms with Gasteiger partial charge in [-0.2, -0.15) is 5.10 Å². The summed E-state index contributed by atoms with van der Waals surface area (Å²) in [6.45, 7) is 9.68. The van der Waals surface area contributed by atoms with Crippen LogP contribution in [0.3, 0.4) is 0 Å². The highest BCUT2D eigenvalue weighted by molar-refractivity contribution is 5.36. The van der Waals surface area contributed by atoms with Gasteiger partial charge in [0.15, 0.2) is 0 Å². The molecule has 1 atom stereocenters. The van der Waals surface area contributed by atoms with Crippen LogP contribution in [0.25, 0.3) is 0 Å². The van der Waals surface area contributed by atoms with Gasteiger partial charge in [0.1, 0.15) is 0 Å². The first-order valence-corrected chi connectivity index (χ1v) is 8.29. The number of aryl methyl sites for hydroxylation is 1. The van der Waals surface area contributed by atoms with Crippen LogP contribution in [0.4, 0.5) is 0 Å². The number of rotatable bonds is 5. The van der Waals surface area contributed by atoms with E-state index in [1.807, 2.05) is 0 Å². The summed E-state index contributed by atoms with van der Waals surface area (Å²) < 4.78 is 2.28. The lowest BCUT2D eigenvalue weighted by molar-refractivity contribution is 0.375. The van der Waals surface area contributed by atoms with Crippen LogP contribution >= 0.6 is 0 Å². The van der Waals surface area contributed by atoms with Gasteiger partial charge >= 0.3 is 0 Å². The van der Waals surface area contributed by atoms with Crippen LogP contribution in [-0.4, -0.2) is 41.9 Å². The molecule has 4 heteroatoms. The highest BCUT2D eigenvalue weighted by Gasteiger charge is 2.32. The molecule has 0 aromatic carbocycles. The summed E-state index contributed by atoms with van der Waals surface area (Å²) in [5, 5.41) is 5.00. The van der Waals surface area contributed by atoms with Gasteiger partial charge in [0.05, 0.1) is 5.69 Å². The maximum absolute atomic E-state index is 6.04. The molecule has 0 saturated carbocycles. The van der Waals surface area contributed by atoms with Gasteiger partial charge in [0.25, 0.3) is 0 Å². The van der Waals surface area contributed by atoms with E-state index < -0.39 is 0 Å². The molecule has 1 aliphatic rings. The Labute approximate surface area is 129 Å². The first kappa shape index (κ1) is 16.5. The molecule has 21 heavy (non-hydrogen) atoms. The molecule has 2 N–H and O–H groups in total. The number of fused-ring (bicyclic) bond motifs is 1. The van der Waals surface area contributed by atoms with Crippen LogP contribution in [0.1, 0.15) is 62.9 Å². The fourth-order valence-corrected chi connectivity index (χ4v) is 3.37. The van der Waals surface area contributed by atoms with Crippen molar-refractivity contribution in [2.75, 3.05) is 27.2 Å². The van der Waals surface area contributed by atoms with Crippen LogP contribution in [0.5, 0.6) is 0 Å². The zero-order valence-corrected chi connectivity index (χ0v) is 14.4. The van der Waals surface area contributed by atoms with E-state index in [1.54, 1.807) is 0 Å². The van der Waals surface area contributed by atoms with Gasteiger partial charge in [-0.3, -0.25) is 4.68 Å². The average molecular weight is 292 g/mol. The monoisotopic (exact) mass is 292 g/mol. The number of nitrogens with two attached hydrogens (primary N) is 1. The summed E-state index contributed by atoms with van der Waals surface area (Å²) >= 11 is 0. The van der Waals surface area contributed by atoms with Crippen LogP contribution in [-0.2, 0) is 18.4 Å². The SMILES string of the molecule is CN(C)CCCn1nc(C(C)(C)C)c2c1CCCC2CN. The van der Waals surface area contributed by atoms with Crippen molar-refractivity contribution in [1.82, 2.24) is 14.7 Å². The highest BCUT2D eigenvalue weighted by atomic mass is 15.3. The Morgan fingerprint density at radius 2 is 2.05 bits per heavy atom. The first-order chi connectivity index (χ1) is 9.84. The van der Waals surface area contributed by atoms with Crippen molar-refractivity contribution in [3.63, 3.8) is 0 Å². The molecule has 0 saturated heterocycles. The molecule has 0 amide bonds. The van der Waals surface area contributed by atoms with Gasteiger partial charge < -0.3 is 10.6 Å². The Morgan fingerprint density at radius 3 is 2.62 bits per heavy atom. The van der Waals surface area contributed by atoms with Gasteiger partial charge in [-0.05, 0) is 58.8 Å². The van der Waals surface area contributed by atoms with Gasteiger partial charge in [-0.15, -0.1) is 0 Å². The van der Waals surface area contributed by atoms with Crippen molar-refractivity contribution in [2.24, 2.45) is 5.73 Å². The van der Waals surface area contributed by atoms with Gasteiger partial charge in [-0.25, -0.2) is 0 Å². The predicted octanol–water partition coefficient (Wildman–Crippen LogP) is 2.51. The molecule has 2 rings (SSSR count). The molecule has 1 unspecified atom stereocenters. The minimum Gasteiger partial charge on any atom is -0.330 e. The first-order valence-electron chi connectivity index (χ1n) is 8.29. The number of nitrogens with zero attached hydrogens (tertiary/aromatic N) is 3. The van der Waals surface area contributed by atoms with Gasteiger partial charge in [0, 0.05) is 23.2 Å². The van der Waals surface area contributed by atoms with Crippen LogP contribution < -0.4 is 5.73 Å². The normalized spacial score (nSPS) is 19.1. The zero-order chi connectivity index (χ0) is 15.6. The molecule has 0 radical (unpaired) electrons. The molecular weight excluding hydrogens is 260 g/mol. The van der Waals surface area contributed by atoms with E-state index >= 15 is 0 Å². The van der Waals surface area contributed by atoms with E-state index in [1.165, 1.54) is 29.8 Å². The molecule has 1 aromatic rings. The third-order valence-corrected chi connectivity index (χ3v) is 4.44. The predicted molar refractivity (Wildman–Crippen MR) is 88.8 cm³/mol. The van der Waals surface area contributed by atoms with Crippen molar-refractivity contribution in [3.8, 4) is 0 Å². The Balaban J connectivity index is 2.32. The maximum Gasteiger partial charge on any atom is 0.0716 e. The van der Waals surface area contributed by atoms with Crippen molar-refractivity contribution >= 4 is 0 Å². The number of aromatic nitrogens is 2. The topological polar surface area (TPSA) is 47.1 Å². The van der Waals surface area contributed by atoms with Crippen molar-refractivity contribution in [1.29, 1.82) is 0 Å². The number of hydrogen-bond donors (Lipinski definition) is 1. The van der Waals surface area contributed by atoms with E-state index in [9.17, 15) is 0 Å². The minimum absolute atomic E-state index is 0.0989. The largest absolute Gasteiger partial charge is 0.330 e. The Kier molecular flexibility index (Phi) is 5.10. The van der Waals surface area contributed by atoms with E-state index in [0.717, 1.165) is 32.5 Å². The second kappa shape index (κ2) is 6.49. The van der Waals surface area contributed by atoms with Crippen molar-refractivity contribution < 1.29 is 0 Å². The summed E-state index contributed by atoms with van der Waals surface area (Å²) in [5.41, 5.74) is 10.3. The molecule has 4 nitrogen and oxygen atoms in total. The molecule has 0 fully saturated rings. The third kappa shape index (κ3) is 3.67. The molecule has 0 aliphatic heterocycles. The minimum atomic E-state index is 0.0989. The number of hydrogen-bond acceptors (Lipinski definition) is 3. The smallest absolute Gasteiger partial charge is 0.0716 e. The quantitative estimate of drug-likeness (QED) is 0.907. The van der Waals surface area contributed by atoms with Crippen molar-refractivity contribution in [2.45, 2.75) is 64.3 Å². The zero-order valence-electron chi connectivity index (χ0n) is 14.4. The van der Waals surface area contributed by atoms with Crippen LogP contribution in [0.15, 0.2) is 0 Å². The summed E-state index contributed by atoms with van der Waals surface area (Å²) in [5.74, 6) is 0.505. The van der Waals surface area contributed by atoms with Crippen LogP contribution in [0, 0.1) is 0 Å². The molecule has 0 bridgehead atoms. The lowest BCUT2D eigenvalue weighted by Gasteiger charge is -2.26. The highest BCUT2D eigenvalue weighted by Crippen LogP contribution is 2.38. The summed E-state index contributed by atoms with van der Waals surface area (Å²) in [6, 6.07) is 0. The maximum atomic E-state index is 6.04. The molecular formula is C17H32N4. The fraction of sp³-hybridized carbons (Fsp3) is 0.824. The molecule has 120 valence electrons. The third-order valence-electron chi connectivity index (χ3n) is 4.44. The van der Waals surface area contributed by atoms with Crippen LogP contribution in [0.2, 0.25) is 0 Å². The Morgan fingerprint density at radius 1 is 1.33 bits per heavy atom. The summed E-state index contributed by atoms with van der Waals surface area (Å²) in [7, 11) is 4.26. The van der Waals surface area contributed by atoms with Gasteiger partial charge in [0.2, 0.25) is 0 Å². The van der Waals surface area contributed by atoms with E-state index in [2.05, 4.69) is 44.4 Å². The average Bonchev–Trinajstić information content (AvgIpc) is 2.77. The van der Waals surface area contributed by atoms with E-state index in [0.29, 0.717) is 5.92 Å². The summed E-state index contributed by atoms with van der Waals surface area (Å²) in [4.78, 5) is 2.24. The van der Waals surface area contributed by atoms with Gasteiger partial charge in [-0.1, -0.05) is 20.8 Å². The molecule has 1 aromatic heterocycles. The Hall–Kier alpha value is -0.870. The molecule has 1 heterocycles. The van der Waals surface area contributed by atoms with E-state index in [4.69, 9.17) is 10.8 Å². The second-order valence-corrected chi connectivity index (χ2v) is 7.66. The summed E-state index contributed by atoms with van der Waals surface area (Å²) in [6.07, 6.45) is 4.78. The Bertz CT molecular complexity index is 468. The standard InChI is InChI=1S/C17H32N4/c1-17(2,3)16-15-13(12-18)8-6-9-14(15)21(19-16)11-7-10-20(4)5/h13H,6-12,18H2,1-5H3.